The molecule has 1 heterocycles. The van der Waals surface area contributed by atoms with Crippen molar-refractivity contribution < 1.29 is 13.9 Å². The van der Waals surface area contributed by atoms with Gasteiger partial charge in [-0.25, -0.2) is 4.39 Å². The van der Waals surface area contributed by atoms with Crippen LogP contribution in [0.4, 0.5) is 4.39 Å². The fourth-order valence-corrected chi connectivity index (χ4v) is 1.45. The highest BCUT2D eigenvalue weighted by atomic mass is 35.5. The lowest BCUT2D eigenvalue weighted by Gasteiger charge is -2.00. The number of carbonyl (C=O) groups is 1. The molecule has 1 aromatic rings. The summed E-state index contributed by atoms with van der Waals surface area (Å²) >= 11 is 5.52. The van der Waals surface area contributed by atoms with E-state index in [2.05, 4.69) is 0 Å². The van der Waals surface area contributed by atoms with Crippen molar-refractivity contribution in [3.05, 3.63) is 28.5 Å². The molecule has 0 fully saturated rings. The molecule has 0 bridgehead atoms. The maximum Gasteiger partial charge on any atom is 0.206 e. The van der Waals surface area contributed by atoms with Crippen molar-refractivity contribution in [2.75, 3.05) is 0 Å². The van der Waals surface area contributed by atoms with Crippen LogP contribution in [0.25, 0.3) is 0 Å². The maximum atomic E-state index is 12.9. The van der Waals surface area contributed by atoms with Gasteiger partial charge in [-0.05, 0) is 13.0 Å². The van der Waals surface area contributed by atoms with E-state index in [4.69, 9.17) is 16.3 Å². The third kappa shape index (κ3) is 1.20. The molecule has 1 aliphatic rings. The first-order chi connectivity index (χ1) is 6.09. The highest BCUT2D eigenvalue weighted by Crippen LogP contribution is 2.32. The molecule has 2 rings (SSSR count). The smallest absolute Gasteiger partial charge is 0.206 e. The molecule has 1 aliphatic heterocycles. The minimum Gasteiger partial charge on any atom is -0.482 e. The van der Waals surface area contributed by atoms with Gasteiger partial charge in [0.25, 0.3) is 0 Å². The quantitative estimate of drug-likeness (QED) is 0.643. The number of ether oxygens (including phenoxy) is 1. The summed E-state index contributed by atoms with van der Waals surface area (Å²) in [6.45, 7) is 1.62. The van der Waals surface area contributed by atoms with Gasteiger partial charge in [0.1, 0.15) is 11.6 Å². The first kappa shape index (κ1) is 8.51. The van der Waals surface area contributed by atoms with Crippen LogP contribution in [-0.2, 0) is 0 Å². The molecule has 1 aromatic carbocycles. The lowest BCUT2D eigenvalue weighted by atomic mass is 10.1. The van der Waals surface area contributed by atoms with Gasteiger partial charge in [-0.2, -0.15) is 0 Å². The first-order valence-corrected chi connectivity index (χ1v) is 4.17. The summed E-state index contributed by atoms with van der Waals surface area (Å²) in [5.74, 6) is -0.446. The van der Waals surface area contributed by atoms with E-state index in [-0.39, 0.29) is 16.6 Å². The van der Waals surface area contributed by atoms with Gasteiger partial charge in [0, 0.05) is 6.07 Å². The lowest BCUT2D eigenvalue weighted by molar-refractivity contribution is 0.0878. The summed E-state index contributed by atoms with van der Waals surface area (Å²) < 4.78 is 18.0. The van der Waals surface area contributed by atoms with Crippen molar-refractivity contribution in [1.29, 1.82) is 0 Å². The molecule has 1 unspecified atom stereocenters. The molecule has 0 amide bonds. The molecule has 68 valence electrons. The van der Waals surface area contributed by atoms with Crippen LogP contribution in [0.1, 0.15) is 17.3 Å². The molecular formula is C9H6ClFO2. The number of Topliss-reactive ketones (excluding diaryl/α,β-unsaturated/α-hetero) is 1. The number of hydrogen-bond donors (Lipinski definition) is 0. The topological polar surface area (TPSA) is 26.3 Å². The molecule has 0 N–H and O–H groups in total. The zero-order valence-electron chi connectivity index (χ0n) is 6.80. The summed E-state index contributed by atoms with van der Waals surface area (Å²) in [6.07, 6.45) is -0.534. The van der Waals surface area contributed by atoms with Crippen molar-refractivity contribution in [2.24, 2.45) is 0 Å². The van der Waals surface area contributed by atoms with E-state index in [1.54, 1.807) is 6.92 Å². The fraction of sp³-hybridized carbons (Fsp3) is 0.222. The largest absolute Gasteiger partial charge is 0.482 e. The second kappa shape index (κ2) is 2.70. The molecule has 2 nitrogen and oxygen atoms in total. The summed E-state index contributed by atoms with van der Waals surface area (Å²) in [6, 6.07) is 2.44. The van der Waals surface area contributed by atoms with Crippen LogP contribution < -0.4 is 4.74 Å². The van der Waals surface area contributed by atoms with Gasteiger partial charge in [0.15, 0.2) is 6.10 Å². The average Bonchev–Trinajstić information content (AvgIpc) is 2.32. The van der Waals surface area contributed by atoms with Gasteiger partial charge in [-0.3, -0.25) is 4.79 Å². The number of ketones is 1. The Balaban J connectivity index is 2.59. The second-order valence-electron chi connectivity index (χ2n) is 2.89. The third-order valence-electron chi connectivity index (χ3n) is 1.96. The number of halogens is 2. The highest BCUT2D eigenvalue weighted by Gasteiger charge is 2.29. The van der Waals surface area contributed by atoms with E-state index in [1.165, 1.54) is 6.07 Å². The molecule has 0 aliphatic carbocycles. The van der Waals surface area contributed by atoms with E-state index >= 15 is 0 Å². The molecule has 1 atom stereocenters. The highest BCUT2D eigenvalue weighted by molar-refractivity contribution is 6.31. The van der Waals surface area contributed by atoms with E-state index in [9.17, 15) is 9.18 Å². The predicted molar refractivity (Wildman–Crippen MR) is 45.8 cm³/mol. The molecule has 0 aromatic heterocycles. The Bertz CT molecular complexity index is 389. The Morgan fingerprint density at radius 2 is 2.23 bits per heavy atom. The minimum atomic E-state index is -0.567. The Hall–Kier alpha value is -1.09. The van der Waals surface area contributed by atoms with Crippen molar-refractivity contribution in [1.82, 2.24) is 0 Å². The van der Waals surface area contributed by atoms with Gasteiger partial charge in [0.05, 0.1) is 10.6 Å². The Labute approximate surface area is 79.3 Å². The van der Waals surface area contributed by atoms with Gasteiger partial charge < -0.3 is 4.74 Å². The Morgan fingerprint density at radius 1 is 1.54 bits per heavy atom. The molecule has 0 saturated heterocycles. The van der Waals surface area contributed by atoms with Crippen LogP contribution >= 0.6 is 11.6 Å². The number of rotatable bonds is 0. The molecule has 4 heteroatoms. The van der Waals surface area contributed by atoms with Crippen molar-refractivity contribution in [3.63, 3.8) is 0 Å². The average molecular weight is 201 g/mol. The molecule has 0 saturated carbocycles. The minimum absolute atomic E-state index is 0.0511. The van der Waals surface area contributed by atoms with Crippen LogP contribution in [0, 0.1) is 5.82 Å². The second-order valence-corrected chi connectivity index (χ2v) is 3.29. The number of benzene rings is 1. The lowest BCUT2D eigenvalue weighted by Crippen LogP contribution is -2.14. The van der Waals surface area contributed by atoms with Crippen molar-refractivity contribution in [2.45, 2.75) is 13.0 Å². The normalized spacial score (nSPS) is 19.9. The SMILES string of the molecule is CC1Oc2cc(F)c(Cl)cc2C1=O. The van der Waals surface area contributed by atoms with Crippen molar-refractivity contribution in [3.8, 4) is 5.75 Å². The van der Waals surface area contributed by atoms with Gasteiger partial charge >= 0.3 is 0 Å². The Morgan fingerprint density at radius 3 is 2.92 bits per heavy atom. The van der Waals surface area contributed by atoms with Crippen LogP contribution in [0.15, 0.2) is 12.1 Å². The van der Waals surface area contributed by atoms with E-state index in [0.717, 1.165) is 6.07 Å². The zero-order chi connectivity index (χ0) is 9.59. The van der Waals surface area contributed by atoms with Crippen LogP contribution in [0.2, 0.25) is 5.02 Å². The summed E-state index contributed by atoms with van der Waals surface area (Å²) in [5, 5.41) is -0.0511. The Kier molecular flexibility index (Phi) is 1.77. The monoisotopic (exact) mass is 200 g/mol. The van der Waals surface area contributed by atoms with Crippen LogP contribution in [-0.4, -0.2) is 11.9 Å². The van der Waals surface area contributed by atoms with Gasteiger partial charge in [-0.15, -0.1) is 0 Å². The van der Waals surface area contributed by atoms with Crippen molar-refractivity contribution >= 4 is 17.4 Å². The van der Waals surface area contributed by atoms with Gasteiger partial charge in [0.2, 0.25) is 5.78 Å². The predicted octanol–water partition coefficient (Wildman–Crippen LogP) is 2.44. The summed E-state index contributed by atoms with van der Waals surface area (Å²) in [5.41, 5.74) is 0.360. The first-order valence-electron chi connectivity index (χ1n) is 3.79. The molecule has 0 radical (unpaired) electrons. The number of fused-ring (bicyclic) bond motifs is 1. The fourth-order valence-electron chi connectivity index (χ4n) is 1.28. The molecular weight excluding hydrogens is 195 g/mol. The van der Waals surface area contributed by atoms with E-state index in [1.807, 2.05) is 0 Å². The van der Waals surface area contributed by atoms with Gasteiger partial charge in [-0.1, -0.05) is 11.6 Å². The van der Waals surface area contributed by atoms with Crippen LogP contribution in [0.3, 0.4) is 0 Å². The zero-order valence-corrected chi connectivity index (χ0v) is 7.56. The summed E-state index contributed by atoms with van der Waals surface area (Å²) in [4.78, 5) is 11.4. The number of hydrogen-bond acceptors (Lipinski definition) is 2. The molecule has 0 spiro atoms. The van der Waals surface area contributed by atoms with E-state index in [0.29, 0.717) is 5.56 Å². The molecule has 13 heavy (non-hydrogen) atoms. The maximum absolute atomic E-state index is 12.9. The third-order valence-corrected chi connectivity index (χ3v) is 2.25. The van der Waals surface area contributed by atoms with E-state index < -0.39 is 11.9 Å². The standard InChI is InChI=1S/C9H6ClFO2/c1-4-9(12)5-2-6(10)7(11)3-8(5)13-4/h2-4H,1H3. The summed E-state index contributed by atoms with van der Waals surface area (Å²) in [7, 11) is 0. The van der Waals surface area contributed by atoms with Crippen LogP contribution in [0.5, 0.6) is 5.75 Å². The number of carbonyl (C=O) groups excluding carboxylic acids is 1.